The minimum Gasteiger partial charge on any atom is -0.432 e. The van der Waals surface area contributed by atoms with Crippen LogP contribution in [0, 0.1) is 5.92 Å². The summed E-state index contributed by atoms with van der Waals surface area (Å²) in [5.41, 5.74) is 2.29. The van der Waals surface area contributed by atoms with Gasteiger partial charge < -0.3 is 34.7 Å². The van der Waals surface area contributed by atoms with Gasteiger partial charge in [-0.1, -0.05) is 65.3 Å². The number of amides is 3. The van der Waals surface area contributed by atoms with Crippen LogP contribution in [-0.2, 0) is 37.8 Å². The third kappa shape index (κ3) is 6.49. The second-order valence-electron chi connectivity index (χ2n) is 13.5. The lowest BCUT2D eigenvalue weighted by Crippen LogP contribution is -2.48. The first-order valence-electron chi connectivity index (χ1n) is 16.5. The highest BCUT2D eigenvalue weighted by Crippen LogP contribution is 2.60. The molecule has 0 saturated carbocycles. The quantitative estimate of drug-likeness (QED) is 0.268. The number of rotatable bonds is 10. The van der Waals surface area contributed by atoms with Gasteiger partial charge in [0.15, 0.2) is 13.9 Å². The molecule has 3 amide bonds. The Balaban J connectivity index is 1.30. The number of aliphatic hydroxyl groups is 1. The van der Waals surface area contributed by atoms with E-state index in [9.17, 15) is 24.3 Å². The highest BCUT2D eigenvalue weighted by Gasteiger charge is 2.66. The van der Waals surface area contributed by atoms with Crippen molar-refractivity contribution >= 4 is 53.3 Å². The number of anilines is 2. The molecule has 3 aromatic carbocycles. The molecule has 3 aliphatic heterocycles. The van der Waals surface area contributed by atoms with Crippen molar-refractivity contribution < 1.29 is 29.0 Å². The summed E-state index contributed by atoms with van der Waals surface area (Å²) in [7, 11) is -2.99. The Kier molecular flexibility index (Phi) is 9.94. The molecule has 3 aliphatic rings. The molecule has 0 unspecified atom stereocenters. The fourth-order valence-corrected chi connectivity index (χ4v) is 10.7. The van der Waals surface area contributed by atoms with Gasteiger partial charge in [-0.25, -0.2) is 0 Å². The van der Waals surface area contributed by atoms with Crippen LogP contribution in [-0.4, -0.2) is 79.7 Å². The van der Waals surface area contributed by atoms with Crippen LogP contribution < -0.4 is 15.1 Å². The fourth-order valence-electron chi connectivity index (χ4n) is 7.77. The Labute approximate surface area is 290 Å². The molecule has 0 radical (unpaired) electrons. The highest BCUT2D eigenvalue weighted by atomic mass is 79.9. The maximum Gasteiger partial charge on any atom is 0.264 e. The average Bonchev–Trinajstić information content (AvgIpc) is 3.48. The maximum absolute atomic E-state index is 14.8. The number of hydrogen-bond acceptors (Lipinski definition) is 7. The Morgan fingerprint density at radius 2 is 1.81 bits per heavy atom. The zero-order chi connectivity index (χ0) is 34.2. The summed E-state index contributed by atoms with van der Waals surface area (Å²) in [6.07, 6.45) is -0.730. The van der Waals surface area contributed by atoms with Crippen LogP contribution >= 0.6 is 15.9 Å². The number of fused-ring (bicyclic) bond motifs is 2. The molecule has 254 valence electrons. The Morgan fingerprint density at radius 1 is 1.08 bits per heavy atom. The van der Waals surface area contributed by atoms with E-state index >= 15 is 0 Å². The van der Waals surface area contributed by atoms with Crippen molar-refractivity contribution in [2.75, 3.05) is 42.6 Å². The van der Waals surface area contributed by atoms with Crippen LogP contribution in [0.4, 0.5) is 11.4 Å². The molecule has 10 nitrogen and oxygen atoms in total. The third-order valence-electron chi connectivity index (χ3n) is 9.94. The predicted molar refractivity (Wildman–Crippen MR) is 190 cm³/mol. The van der Waals surface area contributed by atoms with Crippen LogP contribution in [0.2, 0.25) is 18.6 Å². The van der Waals surface area contributed by atoms with Gasteiger partial charge in [-0.05, 0) is 54.6 Å². The Hall–Kier alpha value is -3.39. The number of benzene rings is 3. The lowest BCUT2D eigenvalue weighted by Gasteiger charge is -2.32. The molecule has 48 heavy (non-hydrogen) atoms. The molecule has 1 spiro atoms. The summed E-state index contributed by atoms with van der Waals surface area (Å²) >= 11 is 3.60. The molecular formula is C36H43BrN4O6Si. The zero-order valence-corrected chi connectivity index (χ0v) is 30.2. The molecule has 0 aliphatic carbocycles. The molecule has 3 heterocycles. The number of nitrogens with one attached hydrogen (secondary N) is 1. The summed E-state index contributed by atoms with van der Waals surface area (Å²) < 4.78 is 7.68. The molecule has 2 saturated heterocycles. The van der Waals surface area contributed by atoms with Crippen molar-refractivity contribution in [1.29, 1.82) is 0 Å². The van der Waals surface area contributed by atoms with E-state index in [1.54, 1.807) is 14.7 Å². The molecule has 2 fully saturated rings. The van der Waals surface area contributed by atoms with Gasteiger partial charge in [-0.2, -0.15) is 0 Å². The van der Waals surface area contributed by atoms with Crippen LogP contribution in [0.15, 0.2) is 77.3 Å². The molecule has 0 aromatic heterocycles. The largest absolute Gasteiger partial charge is 0.432 e. The number of nitrogens with zero attached hydrogens (tertiary/aromatic N) is 3. The van der Waals surface area contributed by atoms with E-state index in [0.717, 1.165) is 33.5 Å². The summed E-state index contributed by atoms with van der Waals surface area (Å²) in [4.78, 5) is 57.9. The van der Waals surface area contributed by atoms with E-state index in [0.29, 0.717) is 25.2 Å². The average molecular weight is 736 g/mol. The van der Waals surface area contributed by atoms with Crippen molar-refractivity contribution in [3.05, 3.63) is 94.0 Å². The van der Waals surface area contributed by atoms with Crippen LogP contribution in [0.1, 0.15) is 30.0 Å². The van der Waals surface area contributed by atoms with Gasteiger partial charge in [0.2, 0.25) is 11.8 Å². The van der Waals surface area contributed by atoms with Crippen molar-refractivity contribution in [1.82, 2.24) is 10.2 Å². The van der Waals surface area contributed by atoms with Crippen molar-refractivity contribution in [2.24, 2.45) is 5.92 Å². The van der Waals surface area contributed by atoms with Gasteiger partial charge in [0.05, 0.1) is 37.9 Å². The van der Waals surface area contributed by atoms with E-state index < -0.39 is 31.5 Å². The standard InChI is InChI=1S/C36H43BrN4O6Si/c1-24-34(48(2,3)46)31(20-32(43)39(17-18-42)22-25-7-5-4-6-8-25)47-36(24)29-19-27(37)11-14-30(29)41(35(36)45)23-26-9-12-28(13-10-26)40-16-15-38-21-33(40)44/h4-14,19,24,31,34,38,42,46H,15-18,20-23H2,1-3H3/t24-,31+,34-,36+/m1/s1. The Bertz CT molecular complexity index is 1670. The minimum absolute atomic E-state index is 0.0232. The molecule has 0 bridgehead atoms. The number of piperazine rings is 1. The lowest BCUT2D eigenvalue weighted by molar-refractivity contribution is -0.150. The summed E-state index contributed by atoms with van der Waals surface area (Å²) in [5, 5.41) is 12.9. The first-order chi connectivity index (χ1) is 22.9. The molecule has 6 rings (SSSR count). The molecule has 4 atom stereocenters. The van der Waals surface area contributed by atoms with E-state index in [1.165, 1.54) is 0 Å². The molecule has 12 heteroatoms. The minimum atomic E-state index is -2.99. The number of hydrogen-bond donors (Lipinski definition) is 3. The Morgan fingerprint density at radius 3 is 2.48 bits per heavy atom. The van der Waals surface area contributed by atoms with Crippen LogP contribution in [0.3, 0.4) is 0 Å². The normalized spacial score (nSPS) is 24.0. The monoisotopic (exact) mass is 734 g/mol. The number of aliphatic hydroxyl groups excluding tert-OH is 1. The van der Waals surface area contributed by atoms with Gasteiger partial charge in [0.25, 0.3) is 5.91 Å². The SMILES string of the molecule is C[C@@H]1[C@@H]([Si](C)(C)O)[C@H](CC(=O)N(CCO)Cc2ccccc2)O[C@@]12C(=O)N(Cc1ccc(N3CCNCC3=O)cc1)c1ccc(Br)cc12. The van der Waals surface area contributed by atoms with Crippen molar-refractivity contribution in [3.8, 4) is 0 Å². The van der Waals surface area contributed by atoms with E-state index in [2.05, 4.69) is 21.2 Å². The summed E-state index contributed by atoms with van der Waals surface area (Å²) in [5.74, 6) is -0.826. The molecule has 3 N–H and O–H groups in total. The maximum atomic E-state index is 14.8. The summed E-state index contributed by atoms with van der Waals surface area (Å²) in [6, 6.07) is 23.0. The summed E-state index contributed by atoms with van der Waals surface area (Å²) in [6.45, 7) is 7.88. The second kappa shape index (κ2) is 13.8. The highest BCUT2D eigenvalue weighted by molar-refractivity contribution is 9.10. The number of carbonyl (C=O) groups excluding carboxylic acids is 3. The van der Waals surface area contributed by atoms with Gasteiger partial charge in [0, 0.05) is 53.4 Å². The van der Waals surface area contributed by atoms with Gasteiger partial charge >= 0.3 is 0 Å². The van der Waals surface area contributed by atoms with Gasteiger partial charge in [-0.15, -0.1) is 0 Å². The van der Waals surface area contributed by atoms with Crippen LogP contribution in [0.5, 0.6) is 0 Å². The molecular weight excluding hydrogens is 692 g/mol. The van der Waals surface area contributed by atoms with E-state index in [4.69, 9.17) is 4.74 Å². The fraction of sp³-hybridized carbons (Fsp3) is 0.417. The van der Waals surface area contributed by atoms with Crippen molar-refractivity contribution in [2.45, 2.75) is 56.8 Å². The molecule has 3 aromatic rings. The topological polar surface area (TPSA) is 123 Å². The number of ether oxygens (including phenoxy) is 1. The number of halogens is 1. The smallest absolute Gasteiger partial charge is 0.264 e. The van der Waals surface area contributed by atoms with E-state index in [1.807, 2.05) is 92.8 Å². The predicted octanol–water partition coefficient (Wildman–Crippen LogP) is 4.14. The van der Waals surface area contributed by atoms with Crippen molar-refractivity contribution in [3.63, 3.8) is 0 Å². The first-order valence-corrected chi connectivity index (χ1v) is 20.3. The van der Waals surface area contributed by atoms with Crippen LogP contribution in [0.25, 0.3) is 0 Å². The lowest BCUT2D eigenvalue weighted by atomic mass is 9.82. The first kappa shape index (κ1) is 34.5. The third-order valence-corrected chi connectivity index (χ3v) is 12.9. The van der Waals surface area contributed by atoms with Gasteiger partial charge in [-0.3, -0.25) is 14.4 Å². The van der Waals surface area contributed by atoms with Gasteiger partial charge in [0.1, 0.15) is 0 Å². The number of carbonyl (C=O) groups is 3. The zero-order valence-electron chi connectivity index (χ0n) is 27.6. The van der Waals surface area contributed by atoms with E-state index in [-0.39, 0.29) is 43.8 Å². The second-order valence-corrected chi connectivity index (χ2v) is 18.4.